The molecule has 4 heteroatoms. The minimum absolute atomic E-state index is 0.0463. The fourth-order valence-corrected chi connectivity index (χ4v) is 2.43. The molecule has 1 aromatic rings. The molecule has 19 heavy (non-hydrogen) atoms. The van der Waals surface area contributed by atoms with Gasteiger partial charge >= 0.3 is 0 Å². The van der Waals surface area contributed by atoms with E-state index in [0.717, 1.165) is 6.54 Å². The van der Waals surface area contributed by atoms with Crippen molar-refractivity contribution in [3.63, 3.8) is 0 Å². The molecule has 0 aromatic heterocycles. The third-order valence-electron chi connectivity index (χ3n) is 3.50. The summed E-state index contributed by atoms with van der Waals surface area (Å²) in [5.74, 6) is -0.0463. The first-order valence-electron chi connectivity index (χ1n) is 7.09. The van der Waals surface area contributed by atoms with E-state index in [-0.39, 0.29) is 5.91 Å². The van der Waals surface area contributed by atoms with Crippen LogP contribution in [0.2, 0.25) is 0 Å². The van der Waals surface area contributed by atoms with E-state index < -0.39 is 0 Å². The highest BCUT2D eigenvalue weighted by Crippen LogP contribution is 2.13. The van der Waals surface area contributed by atoms with Crippen LogP contribution in [0, 0.1) is 0 Å². The van der Waals surface area contributed by atoms with Crippen LogP contribution in [0.4, 0.5) is 0 Å². The van der Waals surface area contributed by atoms with Gasteiger partial charge in [-0.3, -0.25) is 9.69 Å². The molecule has 1 aliphatic rings. The standard InChI is InChI=1S/C15H23N3O/c16-8-9-17-15(19)14-6-4-13(5-7-14)12-18-10-2-1-3-11-18/h4-7H,1-3,8-12,16H2,(H,17,19). The molecular weight excluding hydrogens is 238 g/mol. The van der Waals surface area contributed by atoms with Crippen molar-refractivity contribution in [3.05, 3.63) is 35.4 Å². The molecule has 3 N–H and O–H groups in total. The predicted molar refractivity (Wildman–Crippen MR) is 77.0 cm³/mol. The molecule has 0 saturated carbocycles. The van der Waals surface area contributed by atoms with E-state index in [9.17, 15) is 4.79 Å². The van der Waals surface area contributed by atoms with Gasteiger partial charge in [-0.25, -0.2) is 0 Å². The fraction of sp³-hybridized carbons (Fsp3) is 0.533. The first kappa shape index (κ1) is 14.0. The smallest absolute Gasteiger partial charge is 0.251 e. The van der Waals surface area contributed by atoms with Gasteiger partial charge in [-0.15, -0.1) is 0 Å². The normalized spacial score (nSPS) is 16.3. The number of likely N-dealkylation sites (tertiary alicyclic amines) is 1. The zero-order valence-corrected chi connectivity index (χ0v) is 11.4. The van der Waals surface area contributed by atoms with Gasteiger partial charge in [-0.05, 0) is 43.6 Å². The van der Waals surface area contributed by atoms with Crippen molar-refractivity contribution in [2.75, 3.05) is 26.2 Å². The number of nitrogens with one attached hydrogen (secondary N) is 1. The molecule has 1 heterocycles. The van der Waals surface area contributed by atoms with E-state index >= 15 is 0 Å². The third-order valence-corrected chi connectivity index (χ3v) is 3.50. The minimum atomic E-state index is -0.0463. The number of hydrogen-bond acceptors (Lipinski definition) is 3. The monoisotopic (exact) mass is 261 g/mol. The Morgan fingerprint density at radius 3 is 2.47 bits per heavy atom. The number of carbonyl (C=O) groups excluding carboxylic acids is 1. The quantitative estimate of drug-likeness (QED) is 0.841. The summed E-state index contributed by atoms with van der Waals surface area (Å²) in [4.78, 5) is 14.2. The lowest BCUT2D eigenvalue weighted by Crippen LogP contribution is -2.29. The number of nitrogens with two attached hydrogens (primary N) is 1. The summed E-state index contributed by atoms with van der Waals surface area (Å²) < 4.78 is 0. The molecule has 0 unspecified atom stereocenters. The van der Waals surface area contributed by atoms with Crippen LogP contribution in [-0.2, 0) is 6.54 Å². The van der Waals surface area contributed by atoms with E-state index in [1.165, 1.54) is 37.9 Å². The second-order valence-electron chi connectivity index (χ2n) is 5.08. The number of amides is 1. The van der Waals surface area contributed by atoms with Gasteiger partial charge in [0.2, 0.25) is 0 Å². The van der Waals surface area contributed by atoms with Gasteiger partial charge < -0.3 is 11.1 Å². The maximum atomic E-state index is 11.7. The summed E-state index contributed by atoms with van der Waals surface area (Å²) in [6.07, 6.45) is 3.97. The number of carbonyl (C=O) groups is 1. The van der Waals surface area contributed by atoms with Crippen molar-refractivity contribution in [1.29, 1.82) is 0 Å². The first-order valence-corrected chi connectivity index (χ1v) is 7.09. The molecule has 0 aliphatic carbocycles. The Balaban J connectivity index is 1.88. The molecule has 1 aliphatic heterocycles. The Kier molecular flexibility index (Phi) is 5.36. The Bertz CT molecular complexity index is 396. The molecule has 0 radical (unpaired) electrons. The Morgan fingerprint density at radius 2 is 1.84 bits per heavy atom. The Hall–Kier alpha value is -1.39. The number of nitrogens with zero attached hydrogens (tertiary/aromatic N) is 1. The number of rotatable bonds is 5. The molecular formula is C15H23N3O. The average Bonchev–Trinajstić information content (AvgIpc) is 2.46. The topological polar surface area (TPSA) is 58.4 Å². The minimum Gasteiger partial charge on any atom is -0.351 e. The second-order valence-corrected chi connectivity index (χ2v) is 5.08. The van der Waals surface area contributed by atoms with Crippen molar-refractivity contribution >= 4 is 5.91 Å². The van der Waals surface area contributed by atoms with Crippen LogP contribution in [-0.4, -0.2) is 37.0 Å². The maximum absolute atomic E-state index is 11.7. The van der Waals surface area contributed by atoms with Crippen LogP contribution in [0.3, 0.4) is 0 Å². The van der Waals surface area contributed by atoms with Crippen LogP contribution >= 0.6 is 0 Å². The van der Waals surface area contributed by atoms with Gasteiger partial charge in [-0.1, -0.05) is 18.6 Å². The summed E-state index contributed by atoms with van der Waals surface area (Å²) in [5, 5.41) is 2.78. The average molecular weight is 261 g/mol. The fourth-order valence-electron chi connectivity index (χ4n) is 2.43. The summed E-state index contributed by atoms with van der Waals surface area (Å²) >= 11 is 0. The van der Waals surface area contributed by atoms with Gasteiger partial charge in [0.15, 0.2) is 0 Å². The van der Waals surface area contributed by atoms with E-state index in [4.69, 9.17) is 5.73 Å². The van der Waals surface area contributed by atoms with E-state index in [0.29, 0.717) is 18.7 Å². The van der Waals surface area contributed by atoms with Gasteiger partial charge in [0.1, 0.15) is 0 Å². The highest BCUT2D eigenvalue weighted by Gasteiger charge is 2.10. The SMILES string of the molecule is NCCNC(=O)c1ccc(CN2CCCCC2)cc1. The largest absolute Gasteiger partial charge is 0.351 e. The van der Waals surface area contributed by atoms with Crippen LogP contribution in [0.25, 0.3) is 0 Å². The van der Waals surface area contributed by atoms with Crippen LogP contribution in [0.5, 0.6) is 0 Å². The van der Waals surface area contributed by atoms with Gasteiger partial charge in [0, 0.05) is 25.2 Å². The van der Waals surface area contributed by atoms with Gasteiger partial charge in [0.25, 0.3) is 5.91 Å². The van der Waals surface area contributed by atoms with Crippen molar-refractivity contribution in [3.8, 4) is 0 Å². The summed E-state index contributed by atoms with van der Waals surface area (Å²) in [5.41, 5.74) is 7.34. The third kappa shape index (κ3) is 4.33. The lowest BCUT2D eigenvalue weighted by molar-refractivity contribution is 0.0954. The number of hydrogen-bond donors (Lipinski definition) is 2. The molecule has 4 nitrogen and oxygen atoms in total. The molecule has 1 aromatic carbocycles. The summed E-state index contributed by atoms with van der Waals surface area (Å²) in [7, 11) is 0. The molecule has 0 bridgehead atoms. The summed E-state index contributed by atoms with van der Waals surface area (Å²) in [6, 6.07) is 7.88. The second kappa shape index (κ2) is 7.26. The molecule has 1 fully saturated rings. The van der Waals surface area contributed by atoms with E-state index in [1.54, 1.807) is 0 Å². The number of piperidine rings is 1. The van der Waals surface area contributed by atoms with Gasteiger partial charge in [0.05, 0.1) is 0 Å². The molecule has 1 amide bonds. The maximum Gasteiger partial charge on any atom is 0.251 e. The molecule has 0 atom stereocenters. The molecule has 0 spiro atoms. The zero-order chi connectivity index (χ0) is 13.5. The van der Waals surface area contributed by atoms with Crippen molar-refractivity contribution in [2.24, 2.45) is 5.73 Å². The lowest BCUT2D eigenvalue weighted by atomic mass is 10.1. The van der Waals surface area contributed by atoms with Crippen LogP contribution in [0.1, 0.15) is 35.2 Å². The van der Waals surface area contributed by atoms with Crippen molar-refractivity contribution < 1.29 is 4.79 Å². The van der Waals surface area contributed by atoms with Crippen LogP contribution < -0.4 is 11.1 Å². The first-order chi connectivity index (χ1) is 9.29. The van der Waals surface area contributed by atoms with Crippen LogP contribution in [0.15, 0.2) is 24.3 Å². The molecule has 2 rings (SSSR count). The molecule has 104 valence electrons. The lowest BCUT2D eigenvalue weighted by Gasteiger charge is -2.26. The Morgan fingerprint density at radius 1 is 1.16 bits per heavy atom. The van der Waals surface area contributed by atoms with Gasteiger partial charge in [-0.2, -0.15) is 0 Å². The summed E-state index contributed by atoms with van der Waals surface area (Å²) in [6.45, 7) is 4.37. The Labute approximate surface area is 115 Å². The highest BCUT2D eigenvalue weighted by atomic mass is 16.1. The predicted octanol–water partition coefficient (Wildman–Crippen LogP) is 1.36. The van der Waals surface area contributed by atoms with Crippen molar-refractivity contribution in [2.45, 2.75) is 25.8 Å². The molecule has 1 saturated heterocycles. The zero-order valence-electron chi connectivity index (χ0n) is 11.4. The number of benzene rings is 1. The van der Waals surface area contributed by atoms with E-state index in [2.05, 4.69) is 10.2 Å². The van der Waals surface area contributed by atoms with E-state index in [1.807, 2.05) is 24.3 Å². The highest BCUT2D eigenvalue weighted by molar-refractivity contribution is 5.94. The van der Waals surface area contributed by atoms with Crippen molar-refractivity contribution in [1.82, 2.24) is 10.2 Å².